The molecule has 6 heteroatoms. The van der Waals surface area contributed by atoms with Crippen LogP contribution in [0.3, 0.4) is 0 Å². The molecular weight excluding hydrogens is 278 g/mol. The van der Waals surface area contributed by atoms with Crippen LogP contribution in [-0.4, -0.2) is 36.9 Å². The van der Waals surface area contributed by atoms with Crippen molar-refractivity contribution in [2.24, 2.45) is 5.92 Å². The summed E-state index contributed by atoms with van der Waals surface area (Å²) < 4.78 is 26.3. The van der Waals surface area contributed by atoms with Gasteiger partial charge in [0.2, 0.25) is 10.0 Å². The van der Waals surface area contributed by atoms with Crippen LogP contribution in [0.15, 0.2) is 29.2 Å². The Kier molecular flexibility index (Phi) is 4.15. The van der Waals surface area contributed by atoms with Gasteiger partial charge in [0, 0.05) is 13.1 Å². The number of rotatable bonds is 6. The van der Waals surface area contributed by atoms with Gasteiger partial charge in [-0.05, 0) is 43.4 Å². The normalized spacial score (nSPS) is 17.1. The van der Waals surface area contributed by atoms with E-state index in [1.807, 2.05) is 6.92 Å². The first-order valence-electron chi connectivity index (χ1n) is 6.61. The predicted molar refractivity (Wildman–Crippen MR) is 74.9 cm³/mol. The molecule has 110 valence electrons. The minimum atomic E-state index is -3.50. The third-order valence-electron chi connectivity index (χ3n) is 3.83. The van der Waals surface area contributed by atoms with Crippen LogP contribution in [0.25, 0.3) is 0 Å². The molecule has 1 aromatic rings. The highest BCUT2D eigenvalue weighted by Gasteiger charge is 2.35. The molecular formula is C14H19NO4S. The maximum atomic E-state index is 12.4. The summed E-state index contributed by atoms with van der Waals surface area (Å²) in [6.45, 7) is 1.92. The molecule has 0 amide bonds. The summed E-state index contributed by atoms with van der Waals surface area (Å²) in [6.07, 6.45) is 2.06. The first kappa shape index (κ1) is 15.0. The van der Waals surface area contributed by atoms with Gasteiger partial charge in [0.15, 0.2) is 0 Å². The zero-order valence-electron chi connectivity index (χ0n) is 11.6. The Hall–Kier alpha value is -1.40. The second-order valence-corrected chi connectivity index (χ2v) is 7.31. The van der Waals surface area contributed by atoms with E-state index in [1.54, 1.807) is 19.2 Å². The van der Waals surface area contributed by atoms with E-state index in [9.17, 15) is 13.2 Å². The molecule has 0 radical (unpaired) electrons. The first-order chi connectivity index (χ1) is 9.32. The van der Waals surface area contributed by atoms with Crippen molar-refractivity contribution in [3.8, 4) is 0 Å². The van der Waals surface area contributed by atoms with Crippen molar-refractivity contribution in [3.05, 3.63) is 29.8 Å². The van der Waals surface area contributed by atoms with E-state index in [1.165, 1.54) is 16.4 Å². The van der Waals surface area contributed by atoms with E-state index >= 15 is 0 Å². The Morgan fingerprint density at radius 1 is 1.35 bits per heavy atom. The topological polar surface area (TPSA) is 74.7 Å². The monoisotopic (exact) mass is 297 g/mol. The summed E-state index contributed by atoms with van der Waals surface area (Å²) in [6, 6.07) is 6.06. The van der Waals surface area contributed by atoms with Gasteiger partial charge in [-0.2, -0.15) is 4.31 Å². The molecule has 0 saturated heterocycles. The minimum Gasteiger partial charge on any atom is -0.481 e. The number of carboxylic acids is 1. The van der Waals surface area contributed by atoms with Crippen LogP contribution in [0.4, 0.5) is 0 Å². The first-order valence-corrected chi connectivity index (χ1v) is 8.05. The fourth-order valence-corrected chi connectivity index (χ4v) is 3.64. The van der Waals surface area contributed by atoms with Gasteiger partial charge in [-0.3, -0.25) is 4.79 Å². The van der Waals surface area contributed by atoms with Gasteiger partial charge in [0.25, 0.3) is 0 Å². The number of nitrogens with zero attached hydrogens (tertiary/aromatic N) is 1. The minimum absolute atomic E-state index is 0.00121. The van der Waals surface area contributed by atoms with Crippen molar-refractivity contribution in [1.29, 1.82) is 0 Å². The quantitative estimate of drug-likeness (QED) is 0.867. The highest BCUT2D eigenvalue weighted by atomic mass is 32.2. The van der Waals surface area contributed by atoms with Gasteiger partial charge in [-0.1, -0.05) is 12.1 Å². The molecule has 1 aliphatic carbocycles. The van der Waals surface area contributed by atoms with Crippen LogP contribution in [-0.2, 0) is 21.2 Å². The molecule has 5 nitrogen and oxygen atoms in total. The maximum Gasteiger partial charge on any atom is 0.307 e. The van der Waals surface area contributed by atoms with E-state index < -0.39 is 16.0 Å². The largest absolute Gasteiger partial charge is 0.481 e. The van der Waals surface area contributed by atoms with Gasteiger partial charge in [-0.25, -0.2) is 8.42 Å². The fraction of sp³-hybridized carbons (Fsp3) is 0.500. The molecule has 0 bridgehead atoms. The predicted octanol–water partition coefficient (Wildman–Crippen LogP) is 1.73. The summed E-state index contributed by atoms with van der Waals surface area (Å²) in [5, 5.41) is 8.70. The van der Waals surface area contributed by atoms with Crippen molar-refractivity contribution in [2.45, 2.75) is 37.1 Å². The number of benzene rings is 1. The van der Waals surface area contributed by atoms with Crippen molar-refractivity contribution in [2.75, 3.05) is 7.05 Å². The summed E-state index contributed by atoms with van der Waals surface area (Å²) >= 11 is 0. The number of hydrogen-bond acceptors (Lipinski definition) is 3. The van der Waals surface area contributed by atoms with E-state index in [-0.39, 0.29) is 17.4 Å². The maximum absolute atomic E-state index is 12.4. The van der Waals surface area contributed by atoms with Gasteiger partial charge in [0.05, 0.1) is 11.3 Å². The Balaban J connectivity index is 2.18. The van der Waals surface area contributed by atoms with Crippen molar-refractivity contribution < 1.29 is 18.3 Å². The smallest absolute Gasteiger partial charge is 0.307 e. The summed E-state index contributed by atoms with van der Waals surface area (Å²) in [4.78, 5) is 10.8. The summed E-state index contributed by atoms with van der Waals surface area (Å²) in [5.74, 6) is -0.471. The van der Waals surface area contributed by atoms with Gasteiger partial charge in [-0.15, -0.1) is 0 Å². The molecule has 1 unspecified atom stereocenters. The lowest BCUT2D eigenvalue weighted by molar-refractivity contribution is -0.136. The van der Waals surface area contributed by atoms with E-state index in [4.69, 9.17) is 5.11 Å². The van der Waals surface area contributed by atoms with Crippen molar-refractivity contribution in [3.63, 3.8) is 0 Å². The molecule has 0 aliphatic heterocycles. The molecule has 1 aromatic carbocycles. The summed E-state index contributed by atoms with van der Waals surface area (Å²) in [5.41, 5.74) is 0.592. The molecule has 1 fully saturated rings. The molecule has 1 atom stereocenters. The fourth-order valence-electron chi connectivity index (χ4n) is 2.21. The zero-order valence-corrected chi connectivity index (χ0v) is 12.4. The second kappa shape index (κ2) is 5.54. The molecule has 0 aromatic heterocycles. The van der Waals surface area contributed by atoms with E-state index in [0.29, 0.717) is 11.5 Å². The second-order valence-electron chi connectivity index (χ2n) is 5.31. The number of aliphatic carboxylic acids is 1. The molecule has 0 heterocycles. The van der Waals surface area contributed by atoms with Gasteiger partial charge in [0.1, 0.15) is 0 Å². The lowest BCUT2D eigenvalue weighted by Crippen LogP contribution is -2.36. The Labute approximate surface area is 119 Å². The van der Waals surface area contributed by atoms with Crippen LogP contribution < -0.4 is 0 Å². The molecule has 0 spiro atoms. The van der Waals surface area contributed by atoms with Crippen LogP contribution in [0.5, 0.6) is 0 Å². The third-order valence-corrected chi connectivity index (χ3v) is 5.79. The molecule has 1 aliphatic rings. The van der Waals surface area contributed by atoms with Crippen LogP contribution in [0.1, 0.15) is 25.3 Å². The average Bonchev–Trinajstić information content (AvgIpc) is 3.21. The highest BCUT2D eigenvalue weighted by Crippen LogP contribution is 2.36. The Bertz CT molecular complexity index is 590. The van der Waals surface area contributed by atoms with Crippen molar-refractivity contribution in [1.82, 2.24) is 4.31 Å². The third kappa shape index (κ3) is 3.19. The summed E-state index contributed by atoms with van der Waals surface area (Å²) in [7, 11) is -1.90. The number of carbonyl (C=O) groups is 1. The molecule has 2 rings (SSSR count). The highest BCUT2D eigenvalue weighted by molar-refractivity contribution is 7.89. The van der Waals surface area contributed by atoms with E-state index in [0.717, 1.165) is 12.8 Å². The number of hydrogen-bond donors (Lipinski definition) is 1. The van der Waals surface area contributed by atoms with Crippen LogP contribution in [0.2, 0.25) is 0 Å². The lowest BCUT2D eigenvalue weighted by atomic mass is 10.2. The SMILES string of the molecule is CC(C1CC1)N(C)S(=O)(=O)c1ccc(CC(=O)O)cc1. The zero-order chi connectivity index (χ0) is 14.9. The number of carboxylic acid groups (broad SMARTS) is 1. The Morgan fingerprint density at radius 2 is 1.90 bits per heavy atom. The molecule has 1 saturated carbocycles. The van der Waals surface area contributed by atoms with Crippen LogP contribution >= 0.6 is 0 Å². The number of sulfonamides is 1. The van der Waals surface area contributed by atoms with Gasteiger partial charge >= 0.3 is 5.97 Å². The van der Waals surface area contributed by atoms with Crippen LogP contribution in [0, 0.1) is 5.92 Å². The van der Waals surface area contributed by atoms with Gasteiger partial charge < -0.3 is 5.11 Å². The van der Waals surface area contributed by atoms with E-state index in [2.05, 4.69) is 0 Å². The molecule has 20 heavy (non-hydrogen) atoms. The average molecular weight is 297 g/mol. The standard InChI is InChI=1S/C14H19NO4S/c1-10(12-5-6-12)15(2)20(18,19)13-7-3-11(4-8-13)9-14(16)17/h3-4,7-8,10,12H,5-6,9H2,1-2H3,(H,16,17). The Morgan fingerprint density at radius 3 is 2.35 bits per heavy atom. The lowest BCUT2D eigenvalue weighted by Gasteiger charge is -2.24. The molecule has 1 N–H and O–H groups in total. The van der Waals surface area contributed by atoms with Crippen molar-refractivity contribution >= 4 is 16.0 Å².